The molecular formula is C9H4BrF2N5. The lowest BCUT2D eigenvalue weighted by Gasteiger charge is -2.05. The smallest absolute Gasteiger partial charge is 0.240 e. The van der Waals surface area contributed by atoms with Crippen molar-refractivity contribution in [1.29, 1.82) is 5.26 Å². The van der Waals surface area contributed by atoms with Crippen molar-refractivity contribution >= 4 is 21.9 Å². The summed E-state index contributed by atoms with van der Waals surface area (Å²) in [4.78, 5) is 3.66. The molecule has 86 valence electrons. The summed E-state index contributed by atoms with van der Waals surface area (Å²) >= 11 is 2.97. The Kier molecular flexibility index (Phi) is 2.77. The van der Waals surface area contributed by atoms with Crippen LogP contribution in [0.25, 0.3) is 5.69 Å². The molecule has 1 aromatic heterocycles. The van der Waals surface area contributed by atoms with Gasteiger partial charge in [-0.05, 0) is 28.1 Å². The molecule has 0 aliphatic carbocycles. The number of nitrogens with zero attached hydrogens (tertiary/aromatic N) is 4. The summed E-state index contributed by atoms with van der Waals surface area (Å²) in [6.45, 7) is 0. The minimum atomic E-state index is -0.924. The molecule has 0 bridgehead atoms. The summed E-state index contributed by atoms with van der Waals surface area (Å²) in [7, 11) is 0. The fourth-order valence-electron chi connectivity index (χ4n) is 1.28. The van der Waals surface area contributed by atoms with Crippen molar-refractivity contribution in [2.75, 3.05) is 5.73 Å². The van der Waals surface area contributed by atoms with Crippen LogP contribution in [0.4, 0.5) is 14.7 Å². The lowest BCUT2D eigenvalue weighted by Crippen LogP contribution is -2.05. The number of nitrogen functional groups attached to an aromatic ring is 1. The van der Waals surface area contributed by atoms with Crippen molar-refractivity contribution in [3.63, 3.8) is 0 Å². The van der Waals surface area contributed by atoms with Gasteiger partial charge in [0.05, 0.1) is 11.6 Å². The highest BCUT2D eigenvalue weighted by Gasteiger charge is 2.17. The third-order valence-corrected chi connectivity index (χ3v) is 2.46. The number of nitrogens with two attached hydrogens (primary N) is 1. The summed E-state index contributed by atoms with van der Waals surface area (Å²) in [5, 5.41) is 12.2. The Balaban J connectivity index is 2.69. The Morgan fingerprint density at radius 2 is 1.94 bits per heavy atom. The molecule has 0 atom stereocenters. The van der Waals surface area contributed by atoms with E-state index in [1.807, 2.05) is 0 Å². The van der Waals surface area contributed by atoms with Crippen LogP contribution in [0.3, 0.4) is 0 Å². The van der Waals surface area contributed by atoms with E-state index < -0.39 is 17.3 Å². The van der Waals surface area contributed by atoms with E-state index in [4.69, 9.17) is 11.0 Å². The second kappa shape index (κ2) is 4.10. The first-order valence-corrected chi connectivity index (χ1v) is 5.09. The zero-order valence-corrected chi connectivity index (χ0v) is 9.74. The Bertz CT molecular complexity index is 608. The second-order valence-corrected chi connectivity index (χ2v) is 3.76. The third kappa shape index (κ3) is 1.97. The van der Waals surface area contributed by atoms with Gasteiger partial charge in [0.15, 0.2) is 11.6 Å². The first kappa shape index (κ1) is 11.5. The van der Waals surface area contributed by atoms with Gasteiger partial charge >= 0.3 is 0 Å². The molecule has 0 aliphatic rings. The molecular weight excluding hydrogens is 296 g/mol. The van der Waals surface area contributed by atoms with Crippen LogP contribution in [0.5, 0.6) is 0 Å². The first-order chi connectivity index (χ1) is 8.02. The van der Waals surface area contributed by atoms with E-state index in [0.717, 1.165) is 16.8 Å². The van der Waals surface area contributed by atoms with Gasteiger partial charge in [0.2, 0.25) is 10.7 Å². The van der Waals surface area contributed by atoms with Gasteiger partial charge in [-0.25, -0.2) is 8.78 Å². The van der Waals surface area contributed by atoms with E-state index in [1.54, 1.807) is 6.07 Å². The zero-order chi connectivity index (χ0) is 12.6. The van der Waals surface area contributed by atoms with Crippen molar-refractivity contribution in [3.8, 4) is 11.8 Å². The predicted molar refractivity (Wildman–Crippen MR) is 58.1 cm³/mol. The van der Waals surface area contributed by atoms with E-state index in [0.29, 0.717) is 0 Å². The molecule has 0 amide bonds. The summed E-state index contributed by atoms with van der Waals surface area (Å²) < 4.78 is 28.2. The van der Waals surface area contributed by atoms with Gasteiger partial charge in [0, 0.05) is 0 Å². The monoisotopic (exact) mass is 299 g/mol. The van der Waals surface area contributed by atoms with Crippen molar-refractivity contribution in [2.45, 2.75) is 0 Å². The molecule has 0 aliphatic heterocycles. The summed E-state index contributed by atoms with van der Waals surface area (Å²) in [6, 6.07) is 3.46. The quantitative estimate of drug-likeness (QED) is 0.870. The van der Waals surface area contributed by atoms with Gasteiger partial charge in [-0.3, -0.25) is 0 Å². The maximum absolute atomic E-state index is 13.6. The fraction of sp³-hybridized carbons (Fsp3) is 0. The van der Waals surface area contributed by atoms with Crippen LogP contribution in [0.15, 0.2) is 16.9 Å². The maximum Gasteiger partial charge on any atom is 0.240 e. The van der Waals surface area contributed by atoms with Crippen LogP contribution in [-0.4, -0.2) is 14.8 Å². The normalized spacial score (nSPS) is 10.2. The minimum Gasteiger partial charge on any atom is -0.366 e. The SMILES string of the molecule is N#Cc1cc(F)c(-n2nc(N)nc2Br)c(F)c1. The highest BCUT2D eigenvalue weighted by atomic mass is 79.9. The number of hydrogen-bond donors (Lipinski definition) is 1. The summed E-state index contributed by atoms with van der Waals surface area (Å²) in [5.41, 5.74) is 4.74. The minimum absolute atomic E-state index is 0.0671. The van der Waals surface area contributed by atoms with Crippen molar-refractivity contribution in [1.82, 2.24) is 14.8 Å². The van der Waals surface area contributed by atoms with Crippen LogP contribution >= 0.6 is 15.9 Å². The number of anilines is 1. The van der Waals surface area contributed by atoms with Gasteiger partial charge in [-0.1, -0.05) is 0 Å². The van der Waals surface area contributed by atoms with E-state index >= 15 is 0 Å². The van der Waals surface area contributed by atoms with E-state index in [-0.39, 0.29) is 16.2 Å². The Morgan fingerprint density at radius 3 is 2.35 bits per heavy atom. The molecule has 2 N–H and O–H groups in total. The van der Waals surface area contributed by atoms with E-state index in [2.05, 4.69) is 26.0 Å². The highest BCUT2D eigenvalue weighted by molar-refractivity contribution is 9.10. The van der Waals surface area contributed by atoms with Crippen LogP contribution in [0.1, 0.15) is 5.56 Å². The van der Waals surface area contributed by atoms with Crippen LogP contribution in [0.2, 0.25) is 0 Å². The van der Waals surface area contributed by atoms with E-state index in [9.17, 15) is 8.78 Å². The maximum atomic E-state index is 13.6. The first-order valence-electron chi connectivity index (χ1n) is 4.30. The lowest BCUT2D eigenvalue weighted by molar-refractivity contribution is 0.557. The average molecular weight is 300 g/mol. The number of nitriles is 1. The van der Waals surface area contributed by atoms with Crippen molar-refractivity contribution in [3.05, 3.63) is 34.1 Å². The molecule has 0 saturated carbocycles. The largest absolute Gasteiger partial charge is 0.366 e. The van der Waals surface area contributed by atoms with Gasteiger partial charge in [0.25, 0.3) is 0 Å². The zero-order valence-electron chi connectivity index (χ0n) is 8.15. The summed E-state index contributed by atoms with van der Waals surface area (Å²) in [5.74, 6) is -1.97. The molecule has 1 heterocycles. The molecule has 0 radical (unpaired) electrons. The number of halogens is 3. The number of hydrogen-bond acceptors (Lipinski definition) is 4. The molecule has 2 aromatic rings. The standard InChI is InChI=1S/C9H4BrF2N5/c10-8-15-9(14)16-17(8)7-5(11)1-4(3-13)2-6(7)12/h1-2H,(H2,14,16). The Hall–Kier alpha value is -2.01. The summed E-state index contributed by atoms with van der Waals surface area (Å²) in [6.07, 6.45) is 0. The third-order valence-electron chi connectivity index (χ3n) is 1.94. The molecule has 0 fully saturated rings. The fourth-order valence-corrected chi connectivity index (χ4v) is 1.72. The van der Waals surface area contributed by atoms with Crippen LogP contribution in [-0.2, 0) is 0 Å². The second-order valence-electron chi connectivity index (χ2n) is 3.05. The molecule has 1 aromatic carbocycles. The van der Waals surface area contributed by atoms with Crippen molar-refractivity contribution in [2.24, 2.45) is 0 Å². The van der Waals surface area contributed by atoms with Crippen LogP contribution in [0, 0.1) is 23.0 Å². The molecule has 8 heteroatoms. The molecule has 5 nitrogen and oxygen atoms in total. The molecule has 2 rings (SSSR count). The lowest BCUT2D eigenvalue weighted by atomic mass is 10.2. The van der Waals surface area contributed by atoms with Gasteiger partial charge < -0.3 is 5.73 Å². The van der Waals surface area contributed by atoms with Gasteiger partial charge in [0.1, 0.15) is 5.69 Å². The number of aromatic nitrogens is 3. The topological polar surface area (TPSA) is 80.5 Å². The predicted octanol–water partition coefficient (Wildman–Crippen LogP) is 1.76. The molecule has 17 heavy (non-hydrogen) atoms. The molecule has 0 unspecified atom stereocenters. The Morgan fingerprint density at radius 1 is 1.35 bits per heavy atom. The van der Waals surface area contributed by atoms with Gasteiger partial charge in [-0.2, -0.15) is 14.9 Å². The number of rotatable bonds is 1. The van der Waals surface area contributed by atoms with Crippen LogP contribution < -0.4 is 5.73 Å². The van der Waals surface area contributed by atoms with E-state index in [1.165, 1.54) is 0 Å². The highest BCUT2D eigenvalue weighted by Crippen LogP contribution is 2.22. The molecule has 0 saturated heterocycles. The average Bonchev–Trinajstić information content (AvgIpc) is 2.57. The number of benzene rings is 1. The van der Waals surface area contributed by atoms with Crippen molar-refractivity contribution < 1.29 is 8.78 Å². The van der Waals surface area contributed by atoms with Gasteiger partial charge in [-0.15, -0.1) is 5.10 Å². The Labute approximate surface area is 103 Å². The molecule has 0 spiro atoms.